The zero-order chi connectivity index (χ0) is 20.5. The van der Waals surface area contributed by atoms with Crippen LogP contribution in [0.3, 0.4) is 0 Å². The molecular formula is C21H18Cl2FN3O2. The van der Waals surface area contributed by atoms with Crippen molar-refractivity contribution in [3.63, 3.8) is 0 Å². The molecule has 0 spiro atoms. The van der Waals surface area contributed by atoms with E-state index < -0.39 is 5.82 Å². The van der Waals surface area contributed by atoms with Crippen LogP contribution in [0.1, 0.15) is 16.1 Å². The molecule has 1 aliphatic rings. The normalized spacial score (nSPS) is 14.3. The minimum Gasteiger partial charge on any atom is -0.368 e. The number of carbonyl (C=O) groups is 1. The number of carbonyl (C=O) groups excluding carboxylic acids is 1. The summed E-state index contributed by atoms with van der Waals surface area (Å²) in [7, 11) is 0. The van der Waals surface area contributed by atoms with Crippen molar-refractivity contribution >= 4 is 34.8 Å². The highest BCUT2D eigenvalue weighted by atomic mass is 35.5. The summed E-state index contributed by atoms with van der Waals surface area (Å²) in [5.74, 6) is -0.282. The largest absolute Gasteiger partial charge is 0.368 e. The minimum atomic E-state index is -0.445. The summed E-state index contributed by atoms with van der Waals surface area (Å²) < 4.78 is 19.5. The van der Waals surface area contributed by atoms with Crippen LogP contribution in [0.5, 0.6) is 0 Å². The van der Waals surface area contributed by atoms with Crippen LogP contribution in [-0.4, -0.2) is 42.1 Å². The molecule has 0 N–H and O–H groups in total. The maximum Gasteiger partial charge on any atom is 0.259 e. The highest BCUT2D eigenvalue weighted by Crippen LogP contribution is 2.30. The summed E-state index contributed by atoms with van der Waals surface area (Å²) in [6.45, 7) is 3.98. The Morgan fingerprint density at radius 2 is 1.79 bits per heavy atom. The van der Waals surface area contributed by atoms with Gasteiger partial charge in [-0.05, 0) is 37.3 Å². The molecule has 0 radical (unpaired) electrons. The number of hydrogen-bond donors (Lipinski definition) is 0. The summed E-state index contributed by atoms with van der Waals surface area (Å²) in [5, 5.41) is 4.95. The van der Waals surface area contributed by atoms with Crippen LogP contribution in [0.15, 0.2) is 47.0 Å². The van der Waals surface area contributed by atoms with Crippen molar-refractivity contribution in [1.82, 2.24) is 10.1 Å². The third kappa shape index (κ3) is 3.82. The third-order valence-electron chi connectivity index (χ3n) is 5.04. The van der Waals surface area contributed by atoms with Gasteiger partial charge in [-0.2, -0.15) is 0 Å². The molecule has 2 heterocycles. The Labute approximate surface area is 177 Å². The molecule has 0 aliphatic carbocycles. The van der Waals surface area contributed by atoms with E-state index in [1.165, 1.54) is 6.07 Å². The number of nitrogens with zero attached hydrogens (tertiary/aromatic N) is 3. The molecule has 8 heteroatoms. The summed E-state index contributed by atoms with van der Waals surface area (Å²) >= 11 is 12.1. The smallest absolute Gasteiger partial charge is 0.259 e. The lowest BCUT2D eigenvalue weighted by molar-refractivity contribution is 0.0745. The number of rotatable bonds is 3. The van der Waals surface area contributed by atoms with Crippen molar-refractivity contribution in [2.24, 2.45) is 0 Å². The van der Waals surface area contributed by atoms with E-state index in [4.69, 9.17) is 27.7 Å². The second kappa shape index (κ2) is 8.05. The second-order valence-corrected chi connectivity index (χ2v) is 7.63. The summed E-state index contributed by atoms with van der Waals surface area (Å²) in [6.07, 6.45) is 0. The molecule has 3 aromatic rings. The van der Waals surface area contributed by atoms with Crippen LogP contribution >= 0.6 is 23.2 Å². The standard InChI is InChI=1S/C21H18Cl2FN3O2/c1-13-19(20(25-29-13)15-4-2-3-5-18(15)24)21(28)27-10-8-26(9-11-27)14-6-7-16(22)17(23)12-14/h2-7,12H,8-11H2,1H3. The Morgan fingerprint density at radius 1 is 1.07 bits per heavy atom. The van der Waals surface area contributed by atoms with E-state index in [0.29, 0.717) is 47.5 Å². The summed E-state index contributed by atoms with van der Waals surface area (Å²) in [4.78, 5) is 17.1. The van der Waals surface area contributed by atoms with Crippen LogP contribution < -0.4 is 4.90 Å². The van der Waals surface area contributed by atoms with Crippen LogP contribution in [0, 0.1) is 12.7 Å². The fourth-order valence-corrected chi connectivity index (χ4v) is 3.76. The molecule has 0 saturated carbocycles. The lowest BCUT2D eigenvalue weighted by atomic mass is 10.0. The fourth-order valence-electron chi connectivity index (χ4n) is 3.47. The van der Waals surface area contributed by atoms with Gasteiger partial charge in [-0.15, -0.1) is 0 Å². The molecule has 4 rings (SSSR count). The predicted octanol–water partition coefficient (Wildman–Crippen LogP) is 5.06. The Hall–Kier alpha value is -2.57. The Bertz CT molecular complexity index is 1060. The average molecular weight is 434 g/mol. The topological polar surface area (TPSA) is 49.6 Å². The Balaban J connectivity index is 1.53. The number of piperazine rings is 1. The maximum atomic E-state index is 14.2. The van der Waals surface area contributed by atoms with Gasteiger partial charge in [-0.25, -0.2) is 4.39 Å². The monoisotopic (exact) mass is 433 g/mol. The molecule has 0 unspecified atom stereocenters. The van der Waals surface area contributed by atoms with E-state index in [1.54, 1.807) is 36.1 Å². The van der Waals surface area contributed by atoms with E-state index in [0.717, 1.165) is 5.69 Å². The van der Waals surface area contributed by atoms with Gasteiger partial charge in [-0.1, -0.05) is 40.5 Å². The number of amides is 1. The molecule has 1 saturated heterocycles. The molecule has 1 amide bonds. The van der Waals surface area contributed by atoms with Crippen molar-refractivity contribution in [2.45, 2.75) is 6.92 Å². The molecule has 1 fully saturated rings. The first-order valence-corrected chi connectivity index (χ1v) is 9.91. The number of anilines is 1. The summed E-state index contributed by atoms with van der Waals surface area (Å²) in [6, 6.07) is 11.7. The molecule has 0 atom stereocenters. The van der Waals surface area contributed by atoms with Crippen molar-refractivity contribution in [3.05, 3.63) is 69.7 Å². The van der Waals surface area contributed by atoms with Gasteiger partial charge in [0.2, 0.25) is 0 Å². The summed E-state index contributed by atoms with van der Waals surface area (Å²) in [5.41, 5.74) is 1.75. The molecule has 29 heavy (non-hydrogen) atoms. The van der Waals surface area contributed by atoms with Gasteiger partial charge in [0.25, 0.3) is 5.91 Å². The number of hydrogen-bond acceptors (Lipinski definition) is 4. The van der Waals surface area contributed by atoms with Gasteiger partial charge in [0.05, 0.1) is 10.0 Å². The number of aryl methyl sites for hydroxylation is 1. The third-order valence-corrected chi connectivity index (χ3v) is 5.78. The molecule has 150 valence electrons. The van der Waals surface area contributed by atoms with E-state index in [1.807, 2.05) is 12.1 Å². The Kier molecular flexibility index (Phi) is 5.48. The van der Waals surface area contributed by atoms with Crippen LogP contribution in [-0.2, 0) is 0 Å². The van der Waals surface area contributed by atoms with Crippen LogP contribution in [0.4, 0.5) is 10.1 Å². The van der Waals surface area contributed by atoms with Crippen molar-refractivity contribution in [3.8, 4) is 11.3 Å². The first kappa shape index (κ1) is 19.7. The second-order valence-electron chi connectivity index (χ2n) is 6.82. The molecule has 1 aliphatic heterocycles. The van der Waals surface area contributed by atoms with Crippen molar-refractivity contribution < 1.29 is 13.7 Å². The number of aromatic nitrogens is 1. The molecule has 0 bridgehead atoms. The van der Waals surface area contributed by atoms with Crippen molar-refractivity contribution in [2.75, 3.05) is 31.1 Å². The zero-order valence-corrected chi connectivity index (χ0v) is 17.2. The molecule has 2 aromatic carbocycles. The molecule has 1 aromatic heterocycles. The first-order valence-electron chi connectivity index (χ1n) is 9.16. The van der Waals surface area contributed by atoms with Crippen molar-refractivity contribution in [1.29, 1.82) is 0 Å². The quantitative estimate of drug-likeness (QED) is 0.579. The highest BCUT2D eigenvalue weighted by Gasteiger charge is 2.29. The van der Waals surface area contributed by atoms with Gasteiger partial charge in [0, 0.05) is 37.4 Å². The minimum absolute atomic E-state index is 0.212. The molecule has 5 nitrogen and oxygen atoms in total. The number of benzene rings is 2. The SMILES string of the molecule is Cc1onc(-c2ccccc2F)c1C(=O)N1CCN(c2ccc(Cl)c(Cl)c2)CC1. The zero-order valence-electron chi connectivity index (χ0n) is 15.7. The van der Waals surface area contributed by atoms with Gasteiger partial charge < -0.3 is 14.3 Å². The Morgan fingerprint density at radius 3 is 2.48 bits per heavy atom. The lowest BCUT2D eigenvalue weighted by Gasteiger charge is -2.36. The van der Waals surface area contributed by atoms with E-state index >= 15 is 0 Å². The van der Waals surface area contributed by atoms with E-state index in [2.05, 4.69) is 10.1 Å². The fraction of sp³-hybridized carbons (Fsp3) is 0.238. The molecular weight excluding hydrogens is 416 g/mol. The van der Waals surface area contributed by atoms with Crippen LogP contribution in [0.2, 0.25) is 10.0 Å². The van der Waals surface area contributed by atoms with E-state index in [-0.39, 0.29) is 17.2 Å². The average Bonchev–Trinajstić information content (AvgIpc) is 3.11. The lowest BCUT2D eigenvalue weighted by Crippen LogP contribution is -2.49. The van der Waals surface area contributed by atoms with Gasteiger partial charge in [0.15, 0.2) is 0 Å². The predicted molar refractivity (Wildman–Crippen MR) is 111 cm³/mol. The highest BCUT2D eigenvalue weighted by molar-refractivity contribution is 6.42. The van der Waals surface area contributed by atoms with Gasteiger partial charge in [0.1, 0.15) is 22.8 Å². The first-order chi connectivity index (χ1) is 14.0. The maximum absolute atomic E-state index is 14.2. The number of halogens is 3. The van der Waals surface area contributed by atoms with E-state index in [9.17, 15) is 9.18 Å². The van der Waals surface area contributed by atoms with Crippen LogP contribution in [0.25, 0.3) is 11.3 Å². The van der Waals surface area contributed by atoms with Gasteiger partial charge >= 0.3 is 0 Å². The van der Waals surface area contributed by atoms with Gasteiger partial charge in [-0.3, -0.25) is 4.79 Å².